The highest BCUT2D eigenvalue weighted by Crippen LogP contribution is 2.16. The topological polar surface area (TPSA) is 62.1 Å². The van der Waals surface area contributed by atoms with Crippen LogP contribution in [0, 0.1) is 11.3 Å². The van der Waals surface area contributed by atoms with Crippen LogP contribution in [0.5, 0.6) is 5.75 Å². The zero-order chi connectivity index (χ0) is 17.4. The predicted octanol–water partition coefficient (Wildman–Crippen LogP) is 3.70. The van der Waals surface area contributed by atoms with Crippen LogP contribution in [-0.4, -0.2) is 11.9 Å². The molecule has 0 aliphatic rings. The highest BCUT2D eigenvalue weighted by molar-refractivity contribution is 6.01. The van der Waals surface area contributed by atoms with E-state index >= 15 is 0 Å². The Hall–Kier alpha value is -3.06. The molecule has 0 bridgehead atoms. The molecule has 122 valence electrons. The van der Waals surface area contributed by atoms with Gasteiger partial charge in [0.1, 0.15) is 24.0 Å². The zero-order valence-electron chi connectivity index (χ0n) is 13.8. The summed E-state index contributed by atoms with van der Waals surface area (Å²) in [4.78, 5) is 11.9. The van der Waals surface area contributed by atoms with Crippen molar-refractivity contribution in [3.63, 3.8) is 0 Å². The highest BCUT2D eigenvalue weighted by Gasteiger charge is 2.09. The second-order valence-corrected chi connectivity index (χ2v) is 5.64. The van der Waals surface area contributed by atoms with Crippen LogP contribution in [0.15, 0.2) is 60.2 Å². The van der Waals surface area contributed by atoms with Crippen LogP contribution in [0.3, 0.4) is 0 Å². The molecule has 0 atom stereocenters. The third-order valence-electron chi connectivity index (χ3n) is 3.22. The summed E-state index contributed by atoms with van der Waals surface area (Å²) in [6.07, 6.45) is 1.57. The molecule has 4 nitrogen and oxygen atoms in total. The van der Waals surface area contributed by atoms with Gasteiger partial charge in [0.25, 0.3) is 5.91 Å². The van der Waals surface area contributed by atoms with Crippen molar-refractivity contribution in [1.29, 1.82) is 5.26 Å². The van der Waals surface area contributed by atoms with E-state index in [0.717, 1.165) is 16.9 Å². The van der Waals surface area contributed by atoms with Crippen LogP contribution in [-0.2, 0) is 11.4 Å². The summed E-state index contributed by atoms with van der Waals surface area (Å²) in [5.74, 6) is 0.373. The van der Waals surface area contributed by atoms with Gasteiger partial charge in [-0.15, -0.1) is 0 Å². The van der Waals surface area contributed by atoms with Gasteiger partial charge in [0.2, 0.25) is 0 Å². The molecule has 2 aromatic rings. The summed E-state index contributed by atoms with van der Waals surface area (Å²) in [5.41, 5.74) is 1.96. The molecule has 0 fully saturated rings. The van der Waals surface area contributed by atoms with E-state index < -0.39 is 0 Å². The molecule has 4 heteroatoms. The fourth-order valence-corrected chi connectivity index (χ4v) is 2.06. The Labute approximate surface area is 142 Å². The largest absolute Gasteiger partial charge is 0.489 e. The fraction of sp³-hybridized carbons (Fsp3) is 0.200. The van der Waals surface area contributed by atoms with Crippen molar-refractivity contribution >= 4 is 12.0 Å². The van der Waals surface area contributed by atoms with Gasteiger partial charge < -0.3 is 10.1 Å². The number of hydrogen-bond donors (Lipinski definition) is 1. The summed E-state index contributed by atoms with van der Waals surface area (Å²) < 4.78 is 5.71. The van der Waals surface area contributed by atoms with Crippen molar-refractivity contribution in [2.24, 2.45) is 0 Å². The first kappa shape index (κ1) is 17.3. The van der Waals surface area contributed by atoms with Crippen molar-refractivity contribution in [3.8, 4) is 11.8 Å². The van der Waals surface area contributed by atoms with E-state index in [4.69, 9.17) is 10.00 Å². The van der Waals surface area contributed by atoms with Crippen LogP contribution in [0.4, 0.5) is 0 Å². The highest BCUT2D eigenvalue weighted by atomic mass is 16.5. The van der Waals surface area contributed by atoms with E-state index in [-0.39, 0.29) is 17.5 Å². The van der Waals surface area contributed by atoms with Gasteiger partial charge in [0.15, 0.2) is 0 Å². The Bertz CT molecular complexity index is 741. The second kappa shape index (κ2) is 8.54. The molecule has 0 heterocycles. The van der Waals surface area contributed by atoms with E-state index in [9.17, 15) is 4.79 Å². The maximum Gasteiger partial charge on any atom is 0.262 e. The number of nitrogens with one attached hydrogen (secondary N) is 1. The second-order valence-electron chi connectivity index (χ2n) is 5.64. The van der Waals surface area contributed by atoms with Crippen molar-refractivity contribution in [1.82, 2.24) is 5.32 Å². The maximum absolute atomic E-state index is 11.9. The van der Waals surface area contributed by atoms with Crippen LogP contribution >= 0.6 is 0 Å². The molecule has 0 saturated heterocycles. The van der Waals surface area contributed by atoms with Gasteiger partial charge >= 0.3 is 0 Å². The molecule has 2 rings (SSSR count). The van der Waals surface area contributed by atoms with Crippen LogP contribution in [0.2, 0.25) is 0 Å². The summed E-state index contributed by atoms with van der Waals surface area (Å²) >= 11 is 0. The van der Waals surface area contributed by atoms with Gasteiger partial charge in [0, 0.05) is 6.04 Å². The maximum atomic E-state index is 11.9. The molecule has 0 aliphatic heterocycles. The lowest BCUT2D eigenvalue weighted by Crippen LogP contribution is -2.30. The minimum atomic E-state index is -0.364. The van der Waals surface area contributed by atoms with Crippen LogP contribution in [0.25, 0.3) is 6.08 Å². The van der Waals surface area contributed by atoms with Crippen molar-refractivity contribution in [2.45, 2.75) is 26.5 Å². The van der Waals surface area contributed by atoms with Crippen molar-refractivity contribution in [3.05, 3.63) is 71.3 Å². The minimum absolute atomic E-state index is 0.0111. The molecule has 0 aliphatic carbocycles. The monoisotopic (exact) mass is 320 g/mol. The molecule has 0 saturated carbocycles. The van der Waals surface area contributed by atoms with Gasteiger partial charge in [0.05, 0.1) is 0 Å². The number of ether oxygens (including phenoxy) is 1. The minimum Gasteiger partial charge on any atom is -0.489 e. The number of rotatable bonds is 6. The third kappa shape index (κ3) is 5.29. The van der Waals surface area contributed by atoms with E-state index in [2.05, 4.69) is 5.32 Å². The Morgan fingerprint density at radius 2 is 1.83 bits per heavy atom. The molecule has 1 amide bonds. The normalized spacial score (nSPS) is 11.0. The first-order valence-corrected chi connectivity index (χ1v) is 7.78. The molecular formula is C20H20N2O2. The van der Waals surface area contributed by atoms with E-state index in [0.29, 0.717) is 6.61 Å². The quantitative estimate of drug-likeness (QED) is 0.652. The standard InChI is InChI=1S/C20H20N2O2/c1-15(2)22-20(23)18(13-21)12-16-8-10-19(11-9-16)24-14-17-6-4-3-5-7-17/h3-12,15H,14H2,1-2H3,(H,22,23)/b18-12-. The molecule has 0 unspecified atom stereocenters. The van der Waals surface area contributed by atoms with Gasteiger partial charge in [-0.2, -0.15) is 5.26 Å². The number of nitriles is 1. The Balaban J connectivity index is 2.01. The Kier molecular flexibility index (Phi) is 6.16. The van der Waals surface area contributed by atoms with Gasteiger partial charge in [-0.1, -0.05) is 42.5 Å². The van der Waals surface area contributed by atoms with E-state index in [1.165, 1.54) is 0 Å². The lowest BCUT2D eigenvalue weighted by molar-refractivity contribution is -0.117. The SMILES string of the molecule is CC(C)NC(=O)/C(C#N)=C\c1ccc(OCc2ccccc2)cc1. The van der Waals surface area contributed by atoms with Crippen molar-refractivity contribution < 1.29 is 9.53 Å². The molecule has 2 aromatic carbocycles. The number of carbonyl (C=O) groups is 1. The fourth-order valence-electron chi connectivity index (χ4n) is 2.06. The average Bonchev–Trinajstić information content (AvgIpc) is 2.59. The first-order valence-electron chi connectivity index (χ1n) is 7.78. The smallest absolute Gasteiger partial charge is 0.262 e. The zero-order valence-corrected chi connectivity index (χ0v) is 13.8. The number of amides is 1. The van der Waals surface area contributed by atoms with Gasteiger partial charge in [-0.25, -0.2) is 0 Å². The molecule has 0 aromatic heterocycles. The molecule has 0 radical (unpaired) electrons. The lowest BCUT2D eigenvalue weighted by atomic mass is 10.1. The summed E-state index contributed by atoms with van der Waals surface area (Å²) in [5, 5.41) is 11.8. The molecule has 0 spiro atoms. The number of hydrogen-bond acceptors (Lipinski definition) is 3. The first-order chi connectivity index (χ1) is 11.6. The third-order valence-corrected chi connectivity index (χ3v) is 3.22. The van der Waals surface area contributed by atoms with Crippen LogP contribution < -0.4 is 10.1 Å². The average molecular weight is 320 g/mol. The molecule has 24 heavy (non-hydrogen) atoms. The molecule has 1 N–H and O–H groups in total. The predicted molar refractivity (Wildman–Crippen MR) is 94.1 cm³/mol. The summed E-state index contributed by atoms with van der Waals surface area (Å²) in [6.45, 7) is 4.20. The summed E-state index contributed by atoms with van der Waals surface area (Å²) in [6, 6.07) is 19.1. The Morgan fingerprint density at radius 3 is 2.42 bits per heavy atom. The lowest BCUT2D eigenvalue weighted by Gasteiger charge is -2.08. The van der Waals surface area contributed by atoms with Crippen LogP contribution in [0.1, 0.15) is 25.0 Å². The van der Waals surface area contributed by atoms with E-state index in [1.54, 1.807) is 6.08 Å². The van der Waals surface area contributed by atoms with E-state index in [1.807, 2.05) is 74.5 Å². The number of benzene rings is 2. The summed E-state index contributed by atoms with van der Waals surface area (Å²) in [7, 11) is 0. The number of carbonyl (C=O) groups excluding carboxylic acids is 1. The van der Waals surface area contributed by atoms with Crippen molar-refractivity contribution in [2.75, 3.05) is 0 Å². The molecular weight excluding hydrogens is 300 g/mol. The van der Waals surface area contributed by atoms with Gasteiger partial charge in [-0.3, -0.25) is 4.79 Å². The Morgan fingerprint density at radius 1 is 1.17 bits per heavy atom. The van der Waals surface area contributed by atoms with Gasteiger partial charge in [-0.05, 0) is 43.2 Å². The number of nitrogens with zero attached hydrogens (tertiary/aromatic N) is 1.